The van der Waals surface area contributed by atoms with E-state index in [9.17, 15) is 10.1 Å². The molecule has 0 bridgehead atoms. The third-order valence-electron chi connectivity index (χ3n) is 2.18. The number of aromatic amines is 1. The van der Waals surface area contributed by atoms with Crippen LogP contribution in [-0.4, -0.2) is 32.2 Å². The Bertz CT molecular complexity index is 541. The number of hydrogen-bond acceptors (Lipinski definition) is 7. The maximum Gasteiger partial charge on any atom is 0.372 e. The van der Waals surface area contributed by atoms with Gasteiger partial charge in [0.15, 0.2) is 0 Å². The molecule has 2 rings (SSSR count). The normalized spacial score (nSPS) is 10.1. The van der Waals surface area contributed by atoms with Crippen LogP contribution in [0.3, 0.4) is 0 Å². The molecule has 0 amide bonds. The number of rotatable bonds is 5. The Labute approximate surface area is 101 Å². The Balaban J connectivity index is 2.24. The number of nitrogens with one attached hydrogen (secondary N) is 2. The van der Waals surface area contributed by atoms with Crippen LogP contribution >= 0.6 is 0 Å². The molecule has 0 fully saturated rings. The zero-order valence-electron chi connectivity index (χ0n) is 9.45. The van der Waals surface area contributed by atoms with E-state index in [1.807, 2.05) is 0 Å². The molecule has 2 aromatic rings. The summed E-state index contributed by atoms with van der Waals surface area (Å²) in [6.45, 7) is 0.359. The van der Waals surface area contributed by atoms with Crippen molar-refractivity contribution in [2.45, 2.75) is 6.54 Å². The van der Waals surface area contributed by atoms with Gasteiger partial charge in [-0.05, 0) is 0 Å². The first-order chi connectivity index (χ1) is 8.72. The second-order valence-electron chi connectivity index (χ2n) is 3.30. The van der Waals surface area contributed by atoms with Crippen molar-refractivity contribution in [3.05, 3.63) is 34.4 Å². The molecular weight excluding hydrogens is 240 g/mol. The van der Waals surface area contributed by atoms with E-state index in [1.165, 1.54) is 13.4 Å². The van der Waals surface area contributed by atoms with Gasteiger partial charge in [0.05, 0.1) is 18.2 Å². The first kappa shape index (κ1) is 11.8. The van der Waals surface area contributed by atoms with E-state index in [4.69, 9.17) is 4.74 Å². The van der Waals surface area contributed by atoms with Crippen molar-refractivity contribution in [2.24, 2.45) is 0 Å². The lowest BCUT2D eigenvalue weighted by Gasteiger charge is -2.06. The molecule has 9 nitrogen and oxygen atoms in total. The molecule has 0 spiro atoms. The third kappa shape index (κ3) is 2.34. The molecule has 0 aliphatic heterocycles. The maximum atomic E-state index is 10.9. The van der Waals surface area contributed by atoms with Gasteiger partial charge in [-0.3, -0.25) is 15.2 Å². The number of anilines is 1. The lowest BCUT2D eigenvalue weighted by Crippen LogP contribution is -2.06. The molecule has 0 saturated heterocycles. The van der Waals surface area contributed by atoms with Crippen LogP contribution < -0.4 is 10.1 Å². The van der Waals surface area contributed by atoms with Crippen LogP contribution in [0.5, 0.6) is 5.88 Å². The molecule has 94 valence electrons. The van der Waals surface area contributed by atoms with Crippen LogP contribution in [0.4, 0.5) is 11.5 Å². The van der Waals surface area contributed by atoms with E-state index < -0.39 is 4.92 Å². The molecule has 18 heavy (non-hydrogen) atoms. The standard InChI is InChI=1S/C9H10N6O3/c1-18-9-7(15(16)17)8(11-5-12-9)10-2-6-3-13-14-4-6/h3-5H,2H2,1H3,(H,13,14)(H,10,11,12). The summed E-state index contributed by atoms with van der Waals surface area (Å²) in [6.07, 6.45) is 4.48. The van der Waals surface area contributed by atoms with Gasteiger partial charge in [0.2, 0.25) is 5.82 Å². The molecule has 0 aliphatic carbocycles. The largest absolute Gasteiger partial charge is 0.476 e. The zero-order chi connectivity index (χ0) is 13.0. The summed E-state index contributed by atoms with van der Waals surface area (Å²) in [5.41, 5.74) is 0.561. The summed E-state index contributed by atoms with van der Waals surface area (Å²) >= 11 is 0. The van der Waals surface area contributed by atoms with Crippen LogP contribution in [0.1, 0.15) is 5.56 Å². The minimum Gasteiger partial charge on any atom is -0.476 e. The van der Waals surface area contributed by atoms with Gasteiger partial charge in [0.25, 0.3) is 5.88 Å². The Kier molecular flexibility index (Phi) is 3.32. The summed E-state index contributed by atoms with van der Waals surface area (Å²) in [4.78, 5) is 17.9. The second-order valence-corrected chi connectivity index (χ2v) is 3.30. The fourth-order valence-electron chi connectivity index (χ4n) is 1.37. The monoisotopic (exact) mass is 250 g/mol. The first-order valence-corrected chi connectivity index (χ1v) is 4.97. The molecule has 0 aromatic carbocycles. The Morgan fingerprint density at radius 2 is 2.39 bits per heavy atom. The summed E-state index contributed by atoms with van der Waals surface area (Å²) in [5, 5.41) is 20.2. The summed E-state index contributed by atoms with van der Waals surface area (Å²) < 4.78 is 4.83. The minimum absolute atomic E-state index is 0.0790. The van der Waals surface area contributed by atoms with Crippen molar-refractivity contribution < 1.29 is 9.66 Å². The van der Waals surface area contributed by atoms with Crippen LogP contribution in [-0.2, 0) is 6.54 Å². The van der Waals surface area contributed by atoms with E-state index in [2.05, 4.69) is 25.5 Å². The Morgan fingerprint density at radius 3 is 3.00 bits per heavy atom. The number of H-pyrrole nitrogens is 1. The molecule has 0 aliphatic rings. The van der Waals surface area contributed by atoms with Crippen molar-refractivity contribution in [3.8, 4) is 5.88 Å². The zero-order valence-corrected chi connectivity index (χ0v) is 9.45. The van der Waals surface area contributed by atoms with Gasteiger partial charge in [-0.1, -0.05) is 0 Å². The van der Waals surface area contributed by atoms with Crippen molar-refractivity contribution >= 4 is 11.5 Å². The van der Waals surface area contributed by atoms with Crippen molar-refractivity contribution in [1.29, 1.82) is 0 Å². The smallest absolute Gasteiger partial charge is 0.372 e. The highest BCUT2D eigenvalue weighted by Crippen LogP contribution is 2.30. The Morgan fingerprint density at radius 1 is 1.56 bits per heavy atom. The molecular formula is C9H10N6O3. The highest BCUT2D eigenvalue weighted by Gasteiger charge is 2.23. The molecule has 0 saturated carbocycles. The highest BCUT2D eigenvalue weighted by molar-refractivity contribution is 5.61. The van der Waals surface area contributed by atoms with Gasteiger partial charge in [-0.15, -0.1) is 0 Å². The number of ether oxygens (including phenoxy) is 1. The van der Waals surface area contributed by atoms with Crippen LogP contribution in [0.15, 0.2) is 18.7 Å². The topological polar surface area (TPSA) is 119 Å². The molecule has 2 N–H and O–H groups in total. The Hall–Kier alpha value is -2.71. The molecule has 2 aromatic heterocycles. The second kappa shape index (κ2) is 5.08. The first-order valence-electron chi connectivity index (χ1n) is 4.97. The van der Waals surface area contributed by atoms with E-state index in [0.717, 1.165) is 5.56 Å². The fourth-order valence-corrected chi connectivity index (χ4v) is 1.37. The van der Waals surface area contributed by atoms with E-state index in [0.29, 0.717) is 6.54 Å². The van der Waals surface area contributed by atoms with E-state index in [1.54, 1.807) is 12.4 Å². The summed E-state index contributed by atoms with van der Waals surface area (Å²) in [6, 6.07) is 0. The number of hydrogen-bond donors (Lipinski definition) is 2. The van der Waals surface area contributed by atoms with Crippen molar-refractivity contribution in [1.82, 2.24) is 20.2 Å². The van der Waals surface area contributed by atoms with Gasteiger partial charge >= 0.3 is 5.69 Å². The molecule has 0 atom stereocenters. The average Bonchev–Trinajstić information content (AvgIpc) is 2.88. The van der Waals surface area contributed by atoms with Crippen molar-refractivity contribution in [3.63, 3.8) is 0 Å². The minimum atomic E-state index is -0.587. The van der Waals surface area contributed by atoms with Crippen LogP contribution in [0.25, 0.3) is 0 Å². The lowest BCUT2D eigenvalue weighted by atomic mass is 10.3. The predicted octanol–water partition coefficient (Wildman–Crippen LogP) is 0.729. The number of nitro groups is 1. The molecule has 0 unspecified atom stereocenters. The molecule has 0 radical (unpaired) electrons. The molecule has 9 heteroatoms. The molecule has 2 heterocycles. The van der Waals surface area contributed by atoms with Gasteiger partial charge < -0.3 is 10.1 Å². The van der Waals surface area contributed by atoms with Crippen LogP contribution in [0, 0.1) is 10.1 Å². The van der Waals surface area contributed by atoms with Crippen LogP contribution in [0.2, 0.25) is 0 Å². The number of nitrogens with zero attached hydrogens (tertiary/aromatic N) is 4. The predicted molar refractivity (Wildman–Crippen MR) is 61.2 cm³/mol. The fraction of sp³-hybridized carbons (Fsp3) is 0.222. The van der Waals surface area contributed by atoms with Gasteiger partial charge in [-0.25, -0.2) is 4.98 Å². The van der Waals surface area contributed by atoms with Gasteiger partial charge in [0, 0.05) is 18.3 Å². The SMILES string of the molecule is COc1ncnc(NCc2cn[nH]c2)c1[N+](=O)[O-]. The number of aromatic nitrogens is 4. The van der Waals surface area contributed by atoms with Gasteiger partial charge in [0.1, 0.15) is 6.33 Å². The number of methoxy groups -OCH3 is 1. The van der Waals surface area contributed by atoms with E-state index in [-0.39, 0.29) is 17.4 Å². The van der Waals surface area contributed by atoms with Crippen molar-refractivity contribution in [2.75, 3.05) is 12.4 Å². The summed E-state index contributed by atoms with van der Waals surface area (Å²) in [7, 11) is 1.31. The van der Waals surface area contributed by atoms with E-state index >= 15 is 0 Å². The third-order valence-corrected chi connectivity index (χ3v) is 2.18. The maximum absolute atomic E-state index is 10.9. The summed E-state index contributed by atoms with van der Waals surface area (Å²) in [5.74, 6) is 0.0257. The lowest BCUT2D eigenvalue weighted by molar-refractivity contribution is -0.385. The quantitative estimate of drug-likeness (QED) is 0.592. The average molecular weight is 250 g/mol. The highest BCUT2D eigenvalue weighted by atomic mass is 16.6. The van der Waals surface area contributed by atoms with Gasteiger partial charge in [-0.2, -0.15) is 10.1 Å².